The van der Waals surface area contributed by atoms with E-state index in [0.717, 1.165) is 30.2 Å². The number of rotatable bonds is 6. The predicted molar refractivity (Wildman–Crippen MR) is 85.5 cm³/mol. The molecule has 0 saturated heterocycles. The van der Waals surface area contributed by atoms with Crippen molar-refractivity contribution in [2.45, 2.75) is 44.4 Å². The van der Waals surface area contributed by atoms with Gasteiger partial charge in [-0.1, -0.05) is 26.2 Å². The number of hydrogen-bond acceptors (Lipinski definition) is 3. The molecule has 1 N–H and O–H groups in total. The Labute approximate surface area is 125 Å². The Balaban J connectivity index is 2.32. The van der Waals surface area contributed by atoms with Gasteiger partial charge < -0.3 is 4.98 Å². The van der Waals surface area contributed by atoms with Gasteiger partial charge in [-0.05, 0) is 37.1 Å². The molecule has 2 rings (SSSR count). The van der Waals surface area contributed by atoms with Crippen molar-refractivity contribution in [3.05, 3.63) is 40.2 Å². The topological polar surface area (TPSA) is 67.0 Å². The van der Waals surface area contributed by atoms with Gasteiger partial charge in [-0.15, -0.1) is 0 Å². The molecular formula is C16H21NO3S. The summed E-state index contributed by atoms with van der Waals surface area (Å²) in [5.74, 6) is 0.181. The van der Waals surface area contributed by atoms with Crippen LogP contribution in [0.5, 0.6) is 0 Å². The van der Waals surface area contributed by atoms with Crippen molar-refractivity contribution in [1.29, 1.82) is 0 Å². The second-order valence-corrected chi connectivity index (χ2v) is 7.51. The zero-order valence-electron chi connectivity index (χ0n) is 12.5. The molecule has 0 atom stereocenters. The fourth-order valence-corrected chi connectivity index (χ4v) is 3.82. The normalized spacial score (nSPS) is 11.9. The number of H-pyrrole nitrogens is 1. The van der Waals surface area contributed by atoms with Crippen LogP contribution in [0.3, 0.4) is 0 Å². The smallest absolute Gasteiger partial charge is 0.248 e. The van der Waals surface area contributed by atoms with E-state index in [1.807, 2.05) is 6.92 Å². The summed E-state index contributed by atoms with van der Waals surface area (Å²) in [6.07, 6.45) is 3.78. The van der Waals surface area contributed by atoms with Crippen LogP contribution < -0.4 is 5.56 Å². The molecule has 21 heavy (non-hydrogen) atoms. The Bertz CT molecular complexity index is 791. The van der Waals surface area contributed by atoms with Crippen LogP contribution in [0.2, 0.25) is 0 Å². The van der Waals surface area contributed by atoms with E-state index in [0.29, 0.717) is 16.8 Å². The van der Waals surface area contributed by atoms with Gasteiger partial charge in [-0.25, -0.2) is 8.42 Å². The standard InChI is InChI=1S/C16H21NO3S/c1-3-4-5-6-9-21(19,20)13-7-8-15-14(11-13)12(2)10-16(18)17-15/h7-8,10-11H,3-6,9H2,1-2H3,(H,17,18). The van der Waals surface area contributed by atoms with Crippen LogP contribution in [0.25, 0.3) is 10.9 Å². The van der Waals surface area contributed by atoms with Crippen LogP contribution in [0.4, 0.5) is 0 Å². The van der Waals surface area contributed by atoms with Crippen LogP contribution in [-0.2, 0) is 9.84 Å². The van der Waals surface area contributed by atoms with Gasteiger partial charge in [0.2, 0.25) is 5.56 Å². The van der Waals surface area contributed by atoms with E-state index >= 15 is 0 Å². The van der Waals surface area contributed by atoms with Crippen molar-refractivity contribution in [2.24, 2.45) is 0 Å². The third-order valence-corrected chi connectivity index (χ3v) is 5.45. The molecule has 0 saturated carbocycles. The zero-order valence-corrected chi connectivity index (χ0v) is 13.3. The quantitative estimate of drug-likeness (QED) is 0.833. The summed E-state index contributed by atoms with van der Waals surface area (Å²) in [5.41, 5.74) is 1.29. The van der Waals surface area contributed by atoms with E-state index in [9.17, 15) is 13.2 Å². The first-order valence-electron chi connectivity index (χ1n) is 7.30. The Morgan fingerprint density at radius 1 is 1.10 bits per heavy atom. The molecule has 2 aromatic rings. The number of unbranched alkanes of at least 4 members (excludes halogenated alkanes) is 3. The SMILES string of the molecule is CCCCCCS(=O)(=O)c1ccc2[nH]c(=O)cc(C)c2c1. The summed E-state index contributed by atoms with van der Waals surface area (Å²) in [7, 11) is -3.25. The number of fused-ring (bicyclic) bond motifs is 1. The minimum Gasteiger partial charge on any atom is -0.322 e. The molecule has 4 nitrogen and oxygen atoms in total. The summed E-state index contributed by atoms with van der Waals surface area (Å²) in [5, 5.41) is 0.782. The highest BCUT2D eigenvalue weighted by Crippen LogP contribution is 2.21. The minimum atomic E-state index is -3.25. The molecule has 0 unspecified atom stereocenters. The minimum absolute atomic E-state index is 0.171. The number of pyridine rings is 1. The number of benzene rings is 1. The highest BCUT2D eigenvalue weighted by Gasteiger charge is 2.15. The number of hydrogen-bond donors (Lipinski definition) is 1. The van der Waals surface area contributed by atoms with Gasteiger partial charge in [0.05, 0.1) is 10.6 Å². The van der Waals surface area contributed by atoms with Crippen molar-refractivity contribution >= 4 is 20.7 Å². The van der Waals surface area contributed by atoms with Crippen molar-refractivity contribution in [1.82, 2.24) is 4.98 Å². The van der Waals surface area contributed by atoms with Crippen molar-refractivity contribution < 1.29 is 8.42 Å². The summed E-state index contributed by atoms with van der Waals surface area (Å²) < 4.78 is 24.7. The summed E-state index contributed by atoms with van der Waals surface area (Å²) >= 11 is 0. The van der Waals surface area contributed by atoms with Crippen molar-refractivity contribution in [3.63, 3.8) is 0 Å². The van der Waals surface area contributed by atoms with Crippen LogP contribution in [0, 0.1) is 6.92 Å². The second-order valence-electron chi connectivity index (χ2n) is 5.40. The first kappa shape index (κ1) is 15.8. The lowest BCUT2D eigenvalue weighted by atomic mass is 10.1. The first-order valence-corrected chi connectivity index (χ1v) is 8.96. The fraction of sp³-hybridized carbons (Fsp3) is 0.438. The molecule has 0 fully saturated rings. The molecule has 5 heteroatoms. The predicted octanol–water partition coefficient (Wildman–Crippen LogP) is 3.19. The van der Waals surface area contributed by atoms with Gasteiger partial charge in [0.25, 0.3) is 0 Å². The Hall–Kier alpha value is -1.62. The molecule has 1 aromatic carbocycles. The highest BCUT2D eigenvalue weighted by atomic mass is 32.2. The third-order valence-electron chi connectivity index (χ3n) is 3.65. The van der Waals surface area contributed by atoms with Gasteiger partial charge in [0, 0.05) is 17.0 Å². The van der Waals surface area contributed by atoms with Gasteiger partial charge in [0.1, 0.15) is 0 Å². The number of aromatic amines is 1. The van der Waals surface area contributed by atoms with Crippen LogP contribution in [0.1, 0.15) is 38.2 Å². The molecule has 0 spiro atoms. The van der Waals surface area contributed by atoms with Crippen LogP contribution in [-0.4, -0.2) is 19.2 Å². The van der Waals surface area contributed by atoms with Crippen molar-refractivity contribution in [3.8, 4) is 0 Å². The third kappa shape index (κ3) is 3.73. The molecule has 0 aliphatic heterocycles. The molecule has 0 radical (unpaired) electrons. The summed E-state index contributed by atoms with van der Waals surface area (Å²) in [6.45, 7) is 3.91. The Morgan fingerprint density at radius 3 is 2.57 bits per heavy atom. The lowest BCUT2D eigenvalue weighted by Gasteiger charge is -2.07. The maximum atomic E-state index is 12.3. The van der Waals surface area contributed by atoms with Crippen LogP contribution >= 0.6 is 0 Å². The number of aromatic nitrogens is 1. The first-order chi connectivity index (χ1) is 9.94. The monoisotopic (exact) mass is 307 g/mol. The largest absolute Gasteiger partial charge is 0.322 e. The van der Waals surface area contributed by atoms with E-state index < -0.39 is 9.84 Å². The fourth-order valence-electron chi connectivity index (χ4n) is 2.43. The van der Waals surface area contributed by atoms with Gasteiger partial charge in [-0.3, -0.25) is 4.79 Å². The maximum absolute atomic E-state index is 12.3. The Morgan fingerprint density at radius 2 is 1.86 bits per heavy atom. The summed E-state index contributed by atoms with van der Waals surface area (Å²) in [4.78, 5) is 14.5. The summed E-state index contributed by atoms with van der Waals surface area (Å²) in [6, 6.07) is 6.39. The zero-order chi connectivity index (χ0) is 15.5. The van der Waals surface area contributed by atoms with E-state index in [2.05, 4.69) is 11.9 Å². The molecule has 0 aliphatic rings. The lowest BCUT2D eigenvalue weighted by molar-refractivity contribution is 0.589. The molecular weight excluding hydrogens is 286 g/mol. The molecule has 0 amide bonds. The number of nitrogens with one attached hydrogen (secondary N) is 1. The lowest BCUT2D eigenvalue weighted by Crippen LogP contribution is -2.08. The second kappa shape index (κ2) is 6.43. The highest BCUT2D eigenvalue weighted by molar-refractivity contribution is 7.91. The Kier molecular flexibility index (Phi) is 4.83. The van der Waals surface area contributed by atoms with Crippen LogP contribution in [0.15, 0.2) is 34.0 Å². The van der Waals surface area contributed by atoms with Gasteiger partial charge in [-0.2, -0.15) is 0 Å². The molecule has 1 heterocycles. The van der Waals surface area contributed by atoms with E-state index in [1.165, 1.54) is 6.07 Å². The average Bonchev–Trinajstić information content (AvgIpc) is 2.43. The average molecular weight is 307 g/mol. The van der Waals surface area contributed by atoms with E-state index in [1.54, 1.807) is 18.2 Å². The molecule has 0 bridgehead atoms. The van der Waals surface area contributed by atoms with Gasteiger partial charge in [0.15, 0.2) is 9.84 Å². The van der Waals surface area contributed by atoms with E-state index in [4.69, 9.17) is 0 Å². The van der Waals surface area contributed by atoms with Crippen molar-refractivity contribution in [2.75, 3.05) is 5.75 Å². The maximum Gasteiger partial charge on any atom is 0.248 e. The molecule has 0 aliphatic carbocycles. The number of aryl methyl sites for hydroxylation is 1. The van der Waals surface area contributed by atoms with Gasteiger partial charge >= 0.3 is 0 Å². The molecule has 1 aromatic heterocycles. The van der Waals surface area contributed by atoms with E-state index in [-0.39, 0.29) is 11.3 Å². The number of sulfone groups is 1. The molecule has 114 valence electrons.